The van der Waals surface area contributed by atoms with E-state index in [0.717, 1.165) is 23.5 Å². The normalized spacial score (nSPS) is 15.6. The average molecular weight is 356 g/mol. The molecule has 5 heteroatoms. The average Bonchev–Trinajstić information content (AvgIpc) is 3.16. The molecule has 0 unspecified atom stereocenters. The molecule has 0 bridgehead atoms. The molecule has 0 saturated carbocycles. The van der Waals surface area contributed by atoms with E-state index in [1.807, 2.05) is 46.7 Å². The largest absolute Gasteiger partial charge is 0.335 e. The molecule has 0 radical (unpaired) electrons. The number of rotatable bonds is 5. The Kier molecular flexibility index (Phi) is 5.66. The van der Waals surface area contributed by atoms with Gasteiger partial charge in [0, 0.05) is 31.7 Å². The lowest BCUT2D eigenvalue weighted by molar-refractivity contribution is 0.0628. The highest BCUT2D eigenvalue weighted by Gasteiger charge is 2.24. The molecule has 2 heterocycles. The zero-order valence-electron chi connectivity index (χ0n) is 14.8. The first-order valence-electron chi connectivity index (χ1n) is 8.73. The number of carbonyl (C=O) groups is 2. The van der Waals surface area contributed by atoms with Crippen molar-refractivity contribution < 1.29 is 9.59 Å². The number of hydrogen-bond acceptors (Lipinski definition) is 4. The summed E-state index contributed by atoms with van der Waals surface area (Å²) in [7, 11) is 0. The maximum atomic E-state index is 12.5. The third-order valence-electron chi connectivity index (χ3n) is 4.66. The molecule has 1 saturated heterocycles. The fraction of sp³-hybridized carbons (Fsp3) is 0.400. The summed E-state index contributed by atoms with van der Waals surface area (Å²) in [6, 6.07) is 11.7. The van der Waals surface area contributed by atoms with Crippen molar-refractivity contribution in [2.24, 2.45) is 0 Å². The van der Waals surface area contributed by atoms with Gasteiger partial charge in [-0.3, -0.25) is 14.5 Å². The van der Waals surface area contributed by atoms with Gasteiger partial charge in [0.15, 0.2) is 5.78 Å². The van der Waals surface area contributed by atoms with Crippen LogP contribution in [0.3, 0.4) is 0 Å². The van der Waals surface area contributed by atoms with Crippen LogP contribution >= 0.6 is 11.3 Å². The van der Waals surface area contributed by atoms with Gasteiger partial charge in [-0.2, -0.15) is 0 Å². The molecule has 2 aromatic rings. The number of benzene rings is 1. The summed E-state index contributed by atoms with van der Waals surface area (Å²) in [4.78, 5) is 29.6. The number of ketones is 1. The van der Waals surface area contributed by atoms with Crippen molar-refractivity contribution in [3.05, 3.63) is 57.8 Å². The maximum absolute atomic E-state index is 12.5. The first-order valence-corrected chi connectivity index (χ1v) is 9.61. The Bertz CT molecular complexity index is 715. The van der Waals surface area contributed by atoms with Gasteiger partial charge in [0.1, 0.15) is 0 Å². The van der Waals surface area contributed by atoms with Crippen molar-refractivity contribution in [2.75, 3.05) is 32.7 Å². The molecule has 132 valence electrons. The highest BCUT2D eigenvalue weighted by molar-refractivity contribution is 7.12. The summed E-state index contributed by atoms with van der Waals surface area (Å²) in [5, 5.41) is 1.92. The second-order valence-electron chi connectivity index (χ2n) is 6.75. The van der Waals surface area contributed by atoms with Gasteiger partial charge in [-0.1, -0.05) is 44.2 Å². The van der Waals surface area contributed by atoms with Crippen molar-refractivity contribution >= 4 is 23.0 Å². The predicted molar refractivity (Wildman–Crippen MR) is 102 cm³/mol. The van der Waals surface area contributed by atoms with Crippen LogP contribution < -0.4 is 0 Å². The number of carbonyl (C=O) groups excluding carboxylic acids is 2. The first kappa shape index (κ1) is 17.8. The van der Waals surface area contributed by atoms with Crippen LogP contribution in [-0.2, 0) is 0 Å². The zero-order chi connectivity index (χ0) is 17.8. The number of amides is 1. The summed E-state index contributed by atoms with van der Waals surface area (Å²) < 4.78 is 0. The van der Waals surface area contributed by atoms with Crippen LogP contribution in [0.1, 0.15) is 45.4 Å². The van der Waals surface area contributed by atoms with Crippen LogP contribution in [0, 0.1) is 0 Å². The molecular weight excluding hydrogens is 332 g/mol. The van der Waals surface area contributed by atoms with Crippen molar-refractivity contribution in [2.45, 2.75) is 19.8 Å². The summed E-state index contributed by atoms with van der Waals surface area (Å²) in [6.45, 7) is 7.55. The zero-order valence-corrected chi connectivity index (χ0v) is 15.6. The molecule has 4 nitrogen and oxygen atoms in total. The van der Waals surface area contributed by atoms with Gasteiger partial charge < -0.3 is 4.90 Å². The van der Waals surface area contributed by atoms with Gasteiger partial charge in [-0.05, 0) is 22.9 Å². The van der Waals surface area contributed by atoms with Crippen molar-refractivity contribution in [1.82, 2.24) is 9.80 Å². The third-order valence-corrected chi connectivity index (χ3v) is 5.52. The molecule has 1 aromatic heterocycles. The quantitative estimate of drug-likeness (QED) is 0.770. The molecule has 1 fully saturated rings. The lowest BCUT2D eigenvalue weighted by Gasteiger charge is -2.34. The van der Waals surface area contributed by atoms with E-state index in [2.05, 4.69) is 18.7 Å². The minimum absolute atomic E-state index is 0.102. The number of nitrogens with zero attached hydrogens (tertiary/aromatic N) is 2. The van der Waals surface area contributed by atoms with Crippen molar-refractivity contribution in [1.29, 1.82) is 0 Å². The Morgan fingerprint density at radius 3 is 2.28 bits per heavy atom. The Morgan fingerprint density at radius 1 is 1.04 bits per heavy atom. The molecule has 1 aliphatic heterocycles. The molecule has 1 amide bonds. The van der Waals surface area contributed by atoms with E-state index < -0.39 is 0 Å². The maximum Gasteiger partial charge on any atom is 0.264 e. The fourth-order valence-electron chi connectivity index (χ4n) is 3.01. The first-order chi connectivity index (χ1) is 12.0. The minimum atomic E-state index is 0.102. The molecule has 0 N–H and O–H groups in total. The monoisotopic (exact) mass is 356 g/mol. The summed E-state index contributed by atoms with van der Waals surface area (Å²) in [5.74, 6) is 0.719. The Balaban J connectivity index is 1.51. The van der Waals surface area contributed by atoms with Gasteiger partial charge in [0.25, 0.3) is 5.91 Å². The summed E-state index contributed by atoms with van der Waals surface area (Å²) in [5.41, 5.74) is 2.01. The molecule has 1 aromatic carbocycles. The third kappa shape index (κ3) is 4.35. The van der Waals surface area contributed by atoms with Crippen LogP contribution in [0.2, 0.25) is 0 Å². The van der Waals surface area contributed by atoms with E-state index in [4.69, 9.17) is 0 Å². The van der Waals surface area contributed by atoms with Crippen LogP contribution in [0.4, 0.5) is 0 Å². The van der Waals surface area contributed by atoms with E-state index in [0.29, 0.717) is 25.6 Å². The minimum Gasteiger partial charge on any atom is -0.335 e. The van der Waals surface area contributed by atoms with E-state index in [1.54, 1.807) is 0 Å². The lowest BCUT2D eigenvalue weighted by atomic mass is 10.0. The van der Waals surface area contributed by atoms with E-state index in [9.17, 15) is 9.59 Å². The van der Waals surface area contributed by atoms with Crippen LogP contribution in [-0.4, -0.2) is 54.2 Å². The summed E-state index contributed by atoms with van der Waals surface area (Å²) >= 11 is 1.48. The summed E-state index contributed by atoms with van der Waals surface area (Å²) in [6.07, 6.45) is 0. The van der Waals surface area contributed by atoms with E-state index >= 15 is 0 Å². The van der Waals surface area contributed by atoms with Crippen LogP contribution in [0.25, 0.3) is 0 Å². The number of hydrogen-bond donors (Lipinski definition) is 0. The number of Topliss-reactive ketones (excluding diaryl/α,β-unsaturated/α-hetero) is 1. The molecule has 25 heavy (non-hydrogen) atoms. The van der Waals surface area contributed by atoms with Gasteiger partial charge in [0.2, 0.25) is 0 Å². The van der Waals surface area contributed by atoms with Crippen molar-refractivity contribution in [3.8, 4) is 0 Å². The van der Waals surface area contributed by atoms with Crippen LogP contribution in [0.15, 0.2) is 41.8 Å². The fourth-order valence-corrected chi connectivity index (χ4v) is 3.70. The Hall–Kier alpha value is -1.98. The molecule has 1 aliphatic rings. The van der Waals surface area contributed by atoms with Gasteiger partial charge in [0.05, 0.1) is 11.4 Å². The van der Waals surface area contributed by atoms with E-state index in [-0.39, 0.29) is 11.7 Å². The standard InChI is InChI=1S/C20H24N2O2S/c1-15(2)16-5-7-17(8-6-16)18(23)14-21-9-11-22(12-10-21)20(24)19-4-3-13-25-19/h3-8,13,15H,9-12,14H2,1-2H3. The van der Waals surface area contributed by atoms with Gasteiger partial charge >= 0.3 is 0 Å². The molecular formula is C20H24N2O2S. The molecule has 0 atom stereocenters. The Labute approximate surface area is 153 Å². The van der Waals surface area contributed by atoms with E-state index in [1.165, 1.54) is 16.9 Å². The number of piperazine rings is 1. The molecule has 3 rings (SSSR count). The molecule has 0 spiro atoms. The van der Waals surface area contributed by atoms with Gasteiger partial charge in [-0.15, -0.1) is 11.3 Å². The number of thiophene rings is 1. The topological polar surface area (TPSA) is 40.6 Å². The smallest absolute Gasteiger partial charge is 0.264 e. The second-order valence-corrected chi connectivity index (χ2v) is 7.69. The predicted octanol–water partition coefficient (Wildman–Crippen LogP) is 3.51. The second kappa shape index (κ2) is 7.93. The SMILES string of the molecule is CC(C)c1ccc(C(=O)CN2CCN(C(=O)c3cccs3)CC2)cc1. The molecule has 0 aliphatic carbocycles. The van der Waals surface area contributed by atoms with Crippen LogP contribution in [0.5, 0.6) is 0 Å². The van der Waals surface area contributed by atoms with Crippen molar-refractivity contribution in [3.63, 3.8) is 0 Å². The van der Waals surface area contributed by atoms with Gasteiger partial charge in [-0.25, -0.2) is 0 Å². The highest BCUT2D eigenvalue weighted by Crippen LogP contribution is 2.16. The lowest BCUT2D eigenvalue weighted by Crippen LogP contribution is -2.49. The highest BCUT2D eigenvalue weighted by atomic mass is 32.1. The Morgan fingerprint density at radius 2 is 1.72 bits per heavy atom.